The van der Waals surface area contributed by atoms with Gasteiger partial charge in [-0.15, -0.1) is 0 Å². The summed E-state index contributed by atoms with van der Waals surface area (Å²) in [5, 5.41) is 2.91. The Morgan fingerprint density at radius 2 is 2.05 bits per heavy atom. The van der Waals surface area contributed by atoms with E-state index in [1.807, 2.05) is 27.7 Å². The van der Waals surface area contributed by atoms with E-state index < -0.39 is 6.04 Å². The monoisotopic (exact) mass is 283 g/mol. The van der Waals surface area contributed by atoms with Crippen molar-refractivity contribution in [2.24, 2.45) is 17.1 Å². The molecule has 1 saturated heterocycles. The van der Waals surface area contributed by atoms with Crippen LogP contribution in [0.4, 0.5) is 0 Å². The molecule has 1 aliphatic rings. The van der Waals surface area contributed by atoms with Gasteiger partial charge in [-0.3, -0.25) is 9.59 Å². The van der Waals surface area contributed by atoms with Gasteiger partial charge in [0.05, 0.1) is 12.0 Å². The number of nitrogens with one attached hydrogen (secondary N) is 1. The Hall–Kier alpha value is -1.10. The fourth-order valence-corrected chi connectivity index (χ4v) is 2.35. The fraction of sp³-hybridized carbons (Fsp3) is 0.867. The maximum absolute atomic E-state index is 12.4. The molecule has 1 fully saturated rings. The standard InChI is InChI=1S/C15H29N3O2/c1-5-8-17-13(19)11-7-6-9-18(10-11)14(20)12(16)15(2,3)4/h11-12H,5-10,16H2,1-4H3,(H,17,19)/t11?,12-/m1/s1. The van der Waals surface area contributed by atoms with Gasteiger partial charge in [0, 0.05) is 19.6 Å². The number of amides is 2. The Morgan fingerprint density at radius 3 is 2.60 bits per heavy atom. The smallest absolute Gasteiger partial charge is 0.240 e. The highest BCUT2D eigenvalue weighted by Crippen LogP contribution is 2.22. The number of likely N-dealkylation sites (tertiary alicyclic amines) is 1. The summed E-state index contributed by atoms with van der Waals surface area (Å²) >= 11 is 0. The van der Waals surface area contributed by atoms with Crippen LogP contribution in [0.25, 0.3) is 0 Å². The number of rotatable bonds is 4. The van der Waals surface area contributed by atoms with E-state index in [0.29, 0.717) is 19.6 Å². The van der Waals surface area contributed by atoms with Gasteiger partial charge in [0.2, 0.25) is 11.8 Å². The first-order valence-electron chi connectivity index (χ1n) is 7.59. The Kier molecular flexibility index (Phi) is 5.99. The second-order valence-corrected chi connectivity index (χ2v) is 6.76. The molecule has 1 aliphatic heterocycles. The number of carbonyl (C=O) groups excluding carboxylic acids is 2. The van der Waals surface area contributed by atoms with Crippen molar-refractivity contribution in [1.82, 2.24) is 10.2 Å². The highest BCUT2D eigenvalue weighted by molar-refractivity contribution is 5.84. The van der Waals surface area contributed by atoms with Crippen LogP contribution in [0.5, 0.6) is 0 Å². The van der Waals surface area contributed by atoms with Gasteiger partial charge < -0.3 is 16.0 Å². The molecule has 0 saturated carbocycles. The largest absolute Gasteiger partial charge is 0.356 e. The lowest BCUT2D eigenvalue weighted by molar-refractivity contribution is -0.138. The summed E-state index contributed by atoms with van der Waals surface area (Å²) in [6, 6.07) is -0.514. The van der Waals surface area contributed by atoms with E-state index in [-0.39, 0.29) is 23.1 Å². The first-order valence-corrected chi connectivity index (χ1v) is 7.59. The molecule has 1 heterocycles. The topological polar surface area (TPSA) is 75.4 Å². The molecule has 1 unspecified atom stereocenters. The van der Waals surface area contributed by atoms with Gasteiger partial charge in [0.25, 0.3) is 0 Å². The van der Waals surface area contributed by atoms with Gasteiger partial charge in [-0.1, -0.05) is 27.7 Å². The van der Waals surface area contributed by atoms with Gasteiger partial charge in [-0.2, -0.15) is 0 Å². The number of hydrogen-bond acceptors (Lipinski definition) is 3. The van der Waals surface area contributed by atoms with Crippen LogP contribution < -0.4 is 11.1 Å². The summed E-state index contributed by atoms with van der Waals surface area (Å²) < 4.78 is 0. The van der Waals surface area contributed by atoms with E-state index in [1.165, 1.54) is 0 Å². The molecule has 1 rings (SSSR count). The predicted molar refractivity (Wildman–Crippen MR) is 80.0 cm³/mol. The summed E-state index contributed by atoms with van der Waals surface area (Å²) in [4.78, 5) is 26.2. The highest BCUT2D eigenvalue weighted by atomic mass is 16.2. The van der Waals surface area contributed by atoms with Gasteiger partial charge in [-0.05, 0) is 24.7 Å². The number of nitrogens with two attached hydrogens (primary N) is 1. The van der Waals surface area contributed by atoms with E-state index in [9.17, 15) is 9.59 Å². The molecule has 0 spiro atoms. The Morgan fingerprint density at radius 1 is 1.40 bits per heavy atom. The zero-order chi connectivity index (χ0) is 15.3. The lowest BCUT2D eigenvalue weighted by Crippen LogP contribution is -2.54. The molecule has 0 radical (unpaired) electrons. The van der Waals surface area contributed by atoms with E-state index in [4.69, 9.17) is 5.73 Å². The zero-order valence-corrected chi connectivity index (χ0v) is 13.2. The van der Waals surface area contributed by atoms with Crippen LogP contribution in [0.3, 0.4) is 0 Å². The first kappa shape index (κ1) is 17.0. The predicted octanol–water partition coefficient (Wildman–Crippen LogP) is 1.12. The van der Waals surface area contributed by atoms with Crippen LogP contribution in [0, 0.1) is 11.3 Å². The van der Waals surface area contributed by atoms with Crippen LogP contribution in [0.2, 0.25) is 0 Å². The van der Waals surface area contributed by atoms with Gasteiger partial charge in [-0.25, -0.2) is 0 Å². The molecule has 2 amide bonds. The second-order valence-electron chi connectivity index (χ2n) is 6.76. The molecule has 2 atom stereocenters. The molecule has 5 heteroatoms. The molecule has 20 heavy (non-hydrogen) atoms. The summed E-state index contributed by atoms with van der Waals surface area (Å²) in [7, 11) is 0. The molecule has 3 N–H and O–H groups in total. The van der Waals surface area contributed by atoms with Crippen molar-refractivity contribution in [1.29, 1.82) is 0 Å². The maximum atomic E-state index is 12.4. The van der Waals surface area contributed by atoms with Crippen molar-refractivity contribution in [2.75, 3.05) is 19.6 Å². The molecule has 116 valence electrons. The van der Waals surface area contributed by atoms with E-state index in [2.05, 4.69) is 5.32 Å². The van der Waals surface area contributed by atoms with Gasteiger partial charge in [0.1, 0.15) is 0 Å². The minimum atomic E-state index is -0.514. The summed E-state index contributed by atoms with van der Waals surface area (Å²) in [6.07, 6.45) is 2.65. The van der Waals surface area contributed by atoms with Crippen molar-refractivity contribution >= 4 is 11.8 Å². The normalized spacial score (nSPS) is 21.4. The number of nitrogens with zero attached hydrogens (tertiary/aromatic N) is 1. The molecule has 0 aromatic rings. The zero-order valence-electron chi connectivity index (χ0n) is 13.2. The van der Waals surface area contributed by atoms with Crippen LogP contribution in [-0.2, 0) is 9.59 Å². The minimum absolute atomic E-state index is 0.0366. The first-order chi connectivity index (χ1) is 9.27. The Labute approximate surface area is 122 Å². The van der Waals surface area contributed by atoms with Gasteiger partial charge >= 0.3 is 0 Å². The van der Waals surface area contributed by atoms with Crippen molar-refractivity contribution in [3.8, 4) is 0 Å². The number of carbonyl (C=O) groups is 2. The van der Waals surface area contributed by atoms with E-state index in [0.717, 1.165) is 19.3 Å². The highest BCUT2D eigenvalue weighted by Gasteiger charge is 2.34. The van der Waals surface area contributed by atoms with Crippen molar-refractivity contribution in [3.63, 3.8) is 0 Å². The molecule has 0 aliphatic carbocycles. The minimum Gasteiger partial charge on any atom is -0.356 e. The van der Waals surface area contributed by atoms with Gasteiger partial charge in [0.15, 0.2) is 0 Å². The summed E-state index contributed by atoms with van der Waals surface area (Å²) in [6.45, 7) is 9.82. The third-order valence-electron chi connectivity index (χ3n) is 3.85. The van der Waals surface area contributed by atoms with Crippen molar-refractivity contribution < 1.29 is 9.59 Å². The third kappa shape index (κ3) is 4.47. The fourth-order valence-electron chi connectivity index (χ4n) is 2.35. The second kappa shape index (κ2) is 7.07. The summed E-state index contributed by atoms with van der Waals surface area (Å²) in [5.74, 6) is -0.0643. The van der Waals surface area contributed by atoms with Crippen LogP contribution in [0.15, 0.2) is 0 Å². The van der Waals surface area contributed by atoms with Crippen molar-refractivity contribution in [3.05, 3.63) is 0 Å². The van der Waals surface area contributed by atoms with Crippen LogP contribution >= 0.6 is 0 Å². The lowest BCUT2D eigenvalue weighted by Gasteiger charge is -2.36. The molecular weight excluding hydrogens is 254 g/mol. The molecule has 0 bridgehead atoms. The molecular formula is C15H29N3O2. The van der Waals surface area contributed by atoms with Crippen LogP contribution in [0.1, 0.15) is 47.0 Å². The van der Waals surface area contributed by atoms with Crippen LogP contribution in [-0.4, -0.2) is 42.4 Å². The number of hydrogen-bond donors (Lipinski definition) is 2. The third-order valence-corrected chi connectivity index (χ3v) is 3.85. The maximum Gasteiger partial charge on any atom is 0.240 e. The van der Waals surface area contributed by atoms with E-state index >= 15 is 0 Å². The lowest BCUT2D eigenvalue weighted by atomic mass is 9.85. The Bertz CT molecular complexity index is 350. The quantitative estimate of drug-likeness (QED) is 0.812. The summed E-state index contributed by atoms with van der Waals surface area (Å²) in [5.41, 5.74) is 5.78. The molecule has 0 aromatic carbocycles. The SMILES string of the molecule is CCCNC(=O)C1CCCN(C(=O)[C@@H](N)C(C)(C)C)C1. The Balaban J connectivity index is 2.60. The van der Waals surface area contributed by atoms with E-state index in [1.54, 1.807) is 4.90 Å². The average Bonchev–Trinajstić information content (AvgIpc) is 2.42. The molecule has 5 nitrogen and oxygen atoms in total. The average molecular weight is 283 g/mol. The van der Waals surface area contributed by atoms with Crippen molar-refractivity contribution in [2.45, 2.75) is 53.0 Å². The number of piperidine rings is 1. The molecule has 0 aromatic heterocycles.